The van der Waals surface area contributed by atoms with Gasteiger partial charge in [0.15, 0.2) is 0 Å². The Bertz CT molecular complexity index is 1000. The third-order valence-electron chi connectivity index (χ3n) is 6.43. The number of carbonyl (C=O) groups is 1. The van der Waals surface area contributed by atoms with Crippen molar-refractivity contribution in [1.82, 2.24) is 19.8 Å². The van der Waals surface area contributed by atoms with Gasteiger partial charge in [-0.15, -0.1) is 0 Å². The molecular weight excluding hydrogens is 412 g/mol. The van der Waals surface area contributed by atoms with E-state index in [-0.39, 0.29) is 18.1 Å². The van der Waals surface area contributed by atoms with E-state index >= 15 is 0 Å². The van der Waals surface area contributed by atoms with Crippen LogP contribution >= 0.6 is 0 Å². The molecule has 0 bridgehead atoms. The Kier molecular flexibility index (Phi) is 7.68. The van der Waals surface area contributed by atoms with Crippen molar-refractivity contribution in [3.63, 3.8) is 0 Å². The topological polar surface area (TPSA) is 58.6 Å². The second-order valence-electron chi connectivity index (χ2n) is 8.65. The van der Waals surface area contributed by atoms with E-state index < -0.39 is 0 Å². The van der Waals surface area contributed by atoms with Gasteiger partial charge in [0.05, 0.1) is 11.7 Å². The zero-order valence-corrected chi connectivity index (χ0v) is 19.4. The van der Waals surface area contributed by atoms with Crippen LogP contribution in [-0.2, 0) is 6.42 Å². The summed E-state index contributed by atoms with van der Waals surface area (Å²) < 4.78 is 6.21. The molecule has 1 aromatic heterocycles. The first-order valence-electron chi connectivity index (χ1n) is 11.7. The molecule has 33 heavy (non-hydrogen) atoms. The second-order valence-corrected chi connectivity index (χ2v) is 8.65. The Morgan fingerprint density at radius 1 is 1.09 bits per heavy atom. The van der Waals surface area contributed by atoms with Crippen LogP contribution in [0.4, 0.5) is 0 Å². The van der Waals surface area contributed by atoms with E-state index in [0.717, 1.165) is 50.3 Å². The van der Waals surface area contributed by atoms with Crippen molar-refractivity contribution < 1.29 is 9.53 Å². The second kappa shape index (κ2) is 11.1. The summed E-state index contributed by atoms with van der Waals surface area (Å²) in [6.07, 6.45) is 6.55. The van der Waals surface area contributed by atoms with E-state index in [0.29, 0.717) is 5.56 Å². The van der Waals surface area contributed by atoms with Crippen LogP contribution in [0.15, 0.2) is 73.2 Å². The molecule has 0 saturated carbocycles. The van der Waals surface area contributed by atoms with Crippen LogP contribution in [-0.4, -0.2) is 58.5 Å². The first-order valence-corrected chi connectivity index (χ1v) is 11.7. The van der Waals surface area contributed by atoms with Gasteiger partial charge in [-0.1, -0.05) is 30.3 Å². The molecule has 1 saturated heterocycles. The van der Waals surface area contributed by atoms with Gasteiger partial charge in [-0.2, -0.15) is 0 Å². The number of likely N-dealkylation sites (tertiary alicyclic amines) is 1. The van der Waals surface area contributed by atoms with E-state index in [1.165, 1.54) is 11.9 Å². The largest absolute Gasteiger partial charge is 0.490 e. The average molecular weight is 445 g/mol. The number of carbonyl (C=O) groups excluding carboxylic acids is 1. The number of piperidine rings is 1. The van der Waals surface area contributed by atoms with Gasteiger partial charge < -0.3 is 14.5 Å². The van der Waals surface area contributed by atoms with Crippen LogP contribution in [0.1, 0.15) is 47.4 Å². The number of hydrogen-bond donors (Lipinski definition) is 0. The van der Waals surface area contributed by atoms with E-state index in [2.05, 4.69) is 45.2 Å². The molecule has 1 amide bonds. The molecule has 0 N–H and O–H groups in total. The summed E-state index contributed by atoms with van der Waals surface area (Å²) in [5.41, 5.74) is 2.85. The lowest BCUT2D eigenvalue weighted by molar-refractivity contribution is 0.0739. The van der Waals surface area contributed by atoms with Gasteiger partial charge in [0.25, 0.3) is 5.91 Å². The van der Waals surface area contributed by atoms with Crippen molar-refractivity contribution >= 4 is 5.91 Å². The normalized spacial score (nSPS) is 15.7. The van der Waals surface area contributed by atoms with Gasteiger partial charge in [-0.05, 0) is 62.1 Å². The highest BCUT2D eigenvalue weighted by Gasteiger charge is 2.22. The number of ether oxygens (including phenoxy) is 1. The Morgan fingerprint density at radius 3 is 2.48 bits per heavy atom. The highest BCUT2D eigenvalue weighted by atomic mass is 16.5. The van der Waals surface area contributed by atoms with Gasteiger partial charge in [-0.25, -0.2) is 9.97 Å². The van der Waals surface area contributed by atoms with Crippen LogP contribution in [0, 0.1) is 0 Å². The van der Waals surface area contributed by atoms with E-state index in [1.54, 1.807) is 18.1 Å². The third-order valence-corrected chi connectivity index (χ3v) is 6.43. The van der Waals surface area contributed by atoms with Crippen molar-refractivity contribution in [2.24, 2.45) is 0 Å². The molecule has 6 heteroatoms. The van der Waals surface area contributed by atoms with Gasteiger partial charge in [0, 0.05) is 38.4 Å². The lowest BCUT2D eigenvalue weighted by Gasteiger charge is -2.32. The Hall–Kier alpha value is -3.25. The fourth-order valence-electron chi connectivity index (χ4n) is 4.18. The minimum Gasteiger partial charge on any atom is -0.490 e. The van der Waals surface area contributed by atoms with Crippen LogP contribution in [0.25, 0.3) is 0 Å². The molecule has 1 aliphatic rings. The third kappa shape index (κ3) is 6.17. The minimum absolute atomic E-state index is 0.0422. The molecule has 1 fully saturated rings. The number of benzene rings is 2. The number of rotatable bonds is 8. The summed E-state index contributed by atoms with van der Waals surface area (Å²) >= 11 is 0. The molecule has 1 unspecified atom stereocenters. The summed E-state index contributed by atoms with van der Waals surface area (Å²) in [6, 6.07) is 19.8. The van der Waals surface area contributed by atoms with Crippen molar-refractivity contribution in [1.29, 1.82) is 0 Å². The summed E-state index contributed by atoms with van der Waals surface area (Å²) in [6.45, 7) is 5.16. The number of amides is 1. The zero-order chi connectivity index (χ0) is 23.0. The molecule has 2 aromatic carbocycles. The maximum Gasteiger partial charge on any atom is 0.254 e. The molecule has 172 valence electrons. The van der Waals surface area contributed by atoms with Gasteiger partial charge in [0.1, 0.15) is 18.2 Å². The van der Waals surface area contributed by atoms with Crippen molar-refractivity contribution in [3.05, 3.63) is 90.0 Å². The quantitative estimate of drug-likeness (QED) is 0.516. The van der Waals surface area contributed by atoms with Gasteiger partial charge >= 0.3 is 0 Å². The van der Waals surface area contributed by atoms with Crippen molar-refractivity contribution in [2.75, 3.05) is 26.7 Å². The molecule has 0 spiro atoms. The van der Waals surface area contributed by atoms with Crippen LogP contribution in [0.3, 0.4) is 0 Å². The first-order chi connectivity index (χ1) is 16.1. The van der Waals surface area contributed by atoms with Gasteiger partial charge in [-0.3, -0.25) is 4.79 Å². The molecule has 1 aliphatic heterocycles. The molecule has 2 heterocycles. The standard InChI is InChI=1S/C27H32N4O2/c1-21(26-12-16-28-20-29-26)30(2)27(32)23-8-10-24(11-9-23)33-25-14-18-31(19-15-25)17-13-22-6-4-3-5-7-22/h3-12,16,20-21,25H,13-15,17-19H2,1-2H3. The molecular formula is C27H32N4O2. The molecule has 0 aliphatic carbocycles. The summed E-state index contributed by atoms with van der Waals surface area (Å²) in [4.78, 5) is 25.3. The first kappa shape index (κ1) is 22.9. The maximum absolute atomic E-state index is 12.9. The monoisotopic (exact) mass is 444 g/mol. The van der Waals surface area contributed by atoms with Crippen LogP contribution < -0.4 is 4.74 Å². The summed E-state index contributed by atoms with van der Waals surface area (Å²) in [5, 5.41) is 0. The van der Waals surface area contributed by atoms with Crippen LogP contribution in [0.2, 0.25) is 0 Å². The molecule has 3 aromatic rings. The fraction of sp³-hybridized carbons (Fsp3) is 0.370. The van der Waals surface area contributed by atoms with Crippen LogP contribution in [0.5, 0.6) is 5.75 Å². The highest BCUT2D eigenvalue weighted by molar-refractivity contribution is 5.94. The Balaban J connectivity index is 1.24. The van der Waals surface area contributed by atoms with E-state index in [9.17, 15) is 4.79 Å². The number of nitrogens with zero attached hydrogens (tertiary/aromatic N) is 4. The molecule has 1 atom stereocenters. The number of hydrogen-bond acceptors (Lipinski definition) is 5. The number of aromatic nitrogens is 2. The predicted molar refractivity (Wildman–Crippen MR) is 129 cm³/mol. The summed E-state index contributed by atoms with van der Waals surface area (Å²) in [7, 11) is 1.80. The van der Waals surface area contributed by atoms with Crippen molar-refractivity contribution in [2.45, 2.75) is 38.3 Å². The highest BCUT2D eigenvalue weighted by Crippen LogP contribution is 2.22. The molecule has 6 nitrogen and oxygen atoms in total. The Labute approximate surface area is 196 Å². The SMILES string of the molecule is CC(c1ccncn1)N(C)C(=O)c1ccc(OC2CCN(CCc3ccccc3)CC2)cc1. The lowest BCUT2D eigenvalue weighted by atomic mass is 10.1. The average Bonchev–Trinajstić information content (AvgIpc) is 2.88. The summed E-state index contributed by atoms with van der Waals surface area (Å²) in [5.74, 6) is 0.778. The van der Waals surface area contributed by atoms with E-state index in [1.807, 2.05) is 37.3 Å². The lowest BCUT2D eigenvalue weighted by Crippen LogP contribution is -2.39. The van der Waals surface area contributed by atoms with Gasteiger partial charge in [0.2, 0.25) is 0 Å². The smallest absolute Gasteiger partial charge is 0.254 e. The zero-order valence-electron chi connectivity index (χ0n) is 19.4. The predicted octanol–water partition coefficient (Wildman–Crippen LogP) is 4.40. The molecule has 4 rings (SSSR count). The Morgan fingerprint density at radius 2 is 1.82 bits per heavy atom. The fourth-order valence-corrected chi connectivity index (χ4v) is 4.18. The van der Waals surface area contributed by atoms with Crippen molar-refractivity contribution in [3.8, 4) is 5.75 Å². The maximum atomic E-state index is 12.9. The molecule has 0 radical (unpaired) electrons. The minimum atomic E-state index is -0.136. The van der Waals surface area contributed by atoms with E-state index in [4.69, 9.17) is 4.74 Å².